The molecule has 0 aromatic heterocycles. The lowest BCUT2D eigenvalue weighted by Crippen LogP contribution is -2.45. The zero-order valence-corrected chi connectivity index (χ0v) is 11.4. The summed E-state index contributed by atoms with van der Waals surface area (Å²) >= 11 is 0. The van der Waals surface area contributed by atoms with Gasteiger partial charge in [-0.3, -0.25) is 9.59 Å². The minimum atomic E-state index is -0.380. The number of carbonyl (C=O) groups excluding carboxylic acids is 2. The predicted molar refractivity (Wildman–Crippen MR) is 70.9 cm³/mol. The van der Waals surface area contributed by atoms with Crippen LogP contribution in [0.15, 0.2) is 0 Å². The maximum Gasteiger partial charge on any atom is 0.227 e. The van der Waals surface area contributed by atoms with Gasteiger partial charge in [-0.2, -0.15) is 0 Å². The molecule has 1 rings (SSSR count). The Hall–Kier alpha value is -1.10. The van der Waals surface area contributed by atoms with Gasteiger partial charge in [0.05, 0.1) is 5.41 Å². The summed E-state index contributed by atoms with van der Waals surface area (Å²) in [7, 11) is 0. The Morgan fingerprint density at radius 1 is 1.28 bits per heavy atom. The fraction of sp³-hybridized carbons (Fsp3) is 0.846. The molecule has 4 N–H and O–H groups in total. The van der Waals surface area contributed by atoms with E-state index in [0.717, 1.165) is 25.7 Å². The van der Waals surface area contributed by atoms with Gasteiger partial charge in [-0.05, 0) is 26.7 Å². The molecular weight excluding hydrogens is 230 g/mol. The third-order valence-electron chi connectivity index (χ3n) is 3.52. The molecule has 0 heterocycles. The van der Waals surface area contributed by atoms with Crippen molar-refractivity contribution in [3.05, 3.63) is 0 Å². The van der Waals surface area contributed by atoms with Crippen LogP contribution in [-0.4, -0.2) is 30.9 Å². The third-order valence-corrected chi connectivity index (χ3v) is 3.52. The fourth-order valence-corrected chi connectivity index (χ4v) is 2.45. The van der Waals surface area contributed by atoms with Crippen molar-refractivity contribution in [2.75, 3.05) is 13.1 Å². The second kappa shape index (κ2) is 6.73. The third kappa shape index (κ3) is 3.98. The average molecular weight is 255 g/mol. The van der Waals surface area contributed by atoms with E-state index in [2.05, 4.69) is 10.6 Å². The first kappa shape index (κ1) is 15.0. The van der Waals surface area contributed by atoms with E-state index in [1.165, 1.54) is 0 Å². The average Bonchev–Trinajstić information content (AvgIpc) is 2.77. The Labute approximate surface area is 109 Å². The van der Waals surface area contributed by atoms with Crippen molar-refractivity contribution in [3.8, 4) is 0 Å². The van der Waals surface area contributed by atoms with Gasteiger partial charge in [0.15, 0.2) is 0 Å². The van der Waals surface area contributed by atoms with Gasteiger partial charge in [-0.1, -0.05) is 12.8 Å². The standard InChI is InChI=1S/C13H25N3O2/c1-10(2)16-11(17)5-8-15-12(18)13(9-14)6-3-4-7-13/h10H,3-9,14H2,1-2H3,(H,15,18)(H,16,17). The van der Waals surface area contributed by atoms with Gasteiger partial charge in [0.1, 0.15) is 0 Å². The van der Waals surface area contributed by atoms with Crippen molar-refractivity contribution < 1.29 is 9.59 Å². The van der Waals surface area contributed by atoms with Crippen LogP contribution in [0.5, 0.6) is 0 Å². The zero-order valence-electron chi connectivity index (χ0n) is 11.4. The fourth-order valence-electron chi connectivity index (χ4n) is 2.45. The van der Waals surface area contributed by atoms with Crippen molar-refractivity contribution in [2.24, 2.45) is 11.1 Å². The quantitative estimate of drug-likeness (QED) is 0.647. The summed E-state index contributed by atoms with van der Waals surface area (Å²) in [6, 6.07) is 0.137. The van der Waals surface area contributed by atoms with E-state index in [-0.39, 0.29) is 23.3 Å². The van der Waals surface area contributed by atoms with Crippen LogP contribution in [0.25, 0.3) is 0 Å². The zero-order chi connectivity index (χ0) is 13.6. The van der Waals surface area contributed by atoms with Gasteiger partial charge in [-0.15, -0.1) is 0 Å². The molecule has 5 nitrogen and oxygen atoms in total. The van der Waals surface area contributed by atoms with Crippen LogP contribution in [0.3, 0.4) is 0 Å². The molecule has 0 saturated heterocycles. The maximum absolute atomic E-state index is 12.1. The van der Waals surface area contributed by atoms with Crippen molar-refractivity contribution in [3.63, 3.8) is 0 Å². The van der Waals surface area contributed by atoms with Gasteiger partial charge < -0.3 is 16.4 Å². The second-order valence-corrected chi connectivity index (χ2v) is 5.42. The minimum Gasteiger partial charge on any atom is -0.355 e. The van der Waals surface area contributed by atoms with Crippen molar-refractivity contribution in [2.45, 2.75) is 52.0 Å². The molecular formula is C13H25N3O2. The highest BCUT2D eigenvalue weighted by atomic mass is 16.2. The molecule has 0 aliphatic heterocycles. The topological polar surface area (TPSA) is 84.2 Å². The molecule has 0 aromatic carbocycles. The SMILES string of the molecule is CC(C)NC(=O)CCNC(=O)C1(CN)CCCC1. The van der Waals surface area contributed by atoms with E-state index < -0.39 is 0 Å². The molecule has 1 saturated carbocycles. The van der Waals surface area contributed by atoms with E-state index in [4.69, 9.17) is 5.73 Å². The van der Waals surface area contributed by atoms with Gasteiger partial charge in [0.2, 0.25) is 11.8 Å². The van der Waals surface area contributed by atoms with E-state index in [9.17, 15) is 9.59 Å². The van der Waals surface area contributed by atoms with Crippen molar-refractivity contribution >= 4 is 11.8 Å². The highest BCUT2D eigenvalue weighted by Gasteiger charge is 2.39. The molecule has 0 radical (unpaired) electrons. The van der Waals surface area contributed by atoms with Gasteiger partial charge in [-0.25, -0.2) is 0 Å². The Morgan fingerprint density at radius 2 is 1.89 bits per heavy atom. The Morgan fingerprint density at radius 3 is 2.39 bits per heavy atom. The number of carbonyl (C=O) groups is 2. The smallest absolute Gasteiger partial charge is 0.227 e. The van der Waals surface area contributed by atoms with E-state index in [1.54, 1.807) is 0 Å². The lowest BCUT2D eigenvalue weighted by atomic mass is 9.85. The Kier molecular flexibility index (Phi) is 5.59. The minimum absolute atomic E-state index is 0.0137. The summed E-state index contributed by atoms with van der Waals surface area (Å²) in [4.78, 5) is 23.5. The molecule has 0 aromatic rings. The van der Waals surface area contributed by atoms with Crippen LogP contribution in [0, 0.1) is 5.41 Å². The number of amides is 2. The number of nitrogens with two attached hydrogens (primary N) is 1. The molecule has 2 amide bonds. The molecule has 18 heavy (non-hydrogen) atoms. The van der Waals surface area contributed by atoms with Gasteiger partial charge >= 0.3 is 0 Å². The highest BCUT2D eigenvalue weighted by molar-refractivity contribution is 5.84. The van der Waals surface area contributed by atoms with Crippen LogP contribution in [-0.2, 0) is 9.59 Å². The number of hydrogen-bond acceptors (Lipinski definition) is 3. The summed E-state index contributed by atoms with van der Waals surface area (Å²) in [5.41, 5.74) is 5.35. The molecule has 1 fully saturated rings. The van der Waals surface area contributed by atoms with E-state index in [0.29, 0.717) is 19.5 Å². The molecule has 5 heteroatoms. The van der Waals surface area contributed by atoms with Crippen LogP contribution < -0.4 is 16.4 Å². The molecule has 0 unspecified atom stereocenters. The summed E-state index contributed by atoms with van der Waals surface area (Å²) in [5.74, 6) is -0.0154. The monoisotopic (exact) mass is 255 g/mol. The number of rotatable bonds is 6. The summed E-state index contributed by atoms with van der Waals surface area (Å²) in [5, 5.41) is 5.64. The summed E-state index contributed by atoms with van der Waals surface area (Å²) < 4.78 is 0. The molecule has 1 aliphatic rings. The maximum atomic E-state index is 12.1. The number of nitrogens with one attached hydrogen (secondary N) is 2. The van der Waals surface area contributed by atoms with Crippen LogP contribution in [0.2, 0.25) is 0 Å². The number of hydrogen-bond donors (Lipinski definition) is 3. The van der Waals surface area contributed by atoms with E-state index in [1.807, 2.05) is 13.8 Å². The van der Waals surface area contributed by atoms with Crippen molar-refractivity contribution in [1.82, 2.24) is 10.6 Å². The predicted octanol–water partition coefficient (Wildman–Crippen LogP) is 0.536. The normalized spacial score (nSPS) is 17.8. The summed E-state index contributed by atoms with van der Waals surface area (Å²) in [6.45, 7) is 4.62. The molecule has 0 atom stereocenters. The summed E-state index contributed by atoms with van der Waals surface area (Å²) in [6.07, 6.45) is 4.20. The van der Waals surface area contributed by atoms with Crippen LogP contribution in [0.4, 0.5) is 0 Å². The Bertz CT molecular complexity index is 297. The lowest BCUT2D eigenvalue weighted by molar-refractivity contribution is -0.130. The molecule has 0 bridgehead atoms. The first-order valence-electron chi connectivity index (χ1n) is 6.78. The van der Waals surface area contributed by atoms with E-state index >= 15 is 0 Å². The lowest BCUT2D eigenvalue weighted by Gasteiger charge is -2.25. The van der Waals surface area contributed by atoms with Crippen LogP contribution >= 0.6 is 0 Å². The largest absolute Gasteiger partial charge is 0.355 e. The molecule has 104 valence electrons. The Balaban J connectivity index is 2.30. The highest BCUT2D eigenvalue weighted by Crippen LogP contribution is 2.37. The molecule has 0 spiro atoms. The first-order valence-corrected chi connectivity index (χ1v) is 6.78. The van der Waals surface area contributed by atoms with Crippen LogP contribution in [0.1, 0.15) is 46.0 Å². The molecule has 1 aliphatic carbocycles. The van der Waals surface area contributed by atoms with Gasteiger partial charge in [0, 0.05) is 25.6 Å². The first-order chi connectivity index (χ1) is 8.50. The van der Waals surface area contributed by atoms with Crippen molar-refractivity contribution in [1.29, 1.82) is 0 Å². The van der Waals surface area contributed by atoms with Gasteiger partial charge in [0.25, 0.3) is 0 Å². The second-order valence-electron chi connectivity index (χ2n) is 5.42.